The highest BCUT2D eigenvalue weighted by Gasteiger charge is 2.18. The van der Waals surface area contributed by atoms with E-state index in [4.69, 9.17) is 0 Å². The summed E-state index contributed by atoms with van der Waals surface area (Å²) in [5, 5.41) is 0. The molecule has 0 bridgehead atoms. The van der Waals surface area contributed by atoms with Gasteiger partial charge in [-0.1, -0.05) is 6.07 Å². The fourth-order valence-electron chi connectivity index (χ4n) is 2.79. The molecule has 1 heterocycles. The van der Waals surface area contributed by atoms with E-state index in [1.54, 1.807) is 12.3 Å². The molecule has 5 nitrogen and oxygen atoms in total. The second kappa shape index (κ2) is 6.29. The van der Waals surface area contributed by atoms with Gasteiger partial charge in [0.05, 0.1) is 4.90 Å². The summed E-state index contributed by atoms with van der Waals surface area (Å²) in [7, 11) is 0.310. The third-order valence-corrected chi connectivity index (χ3v) is 5.51. The molecule has 2 aromatic rings. The average Bonchev–Trinajstić information content (AvgIpc) is 3.01. The number of anilines is 1. The van der Waals surface area contributed by atoms with E-state index in [1.807, 2.05) is 43.3 Å². The number of sulfonamides is 1. The van der Waals surface area contributed by atoms with Crippen molar-refractivity contribution in [3.63, 3.8) is 0 Å². The summed E-state index contributed by atoms with van der Waals surface area (Å²) in [5.74, 6) is 0.805. The molecular formula is C17H21N3O2S. The Labute approximate surface area is 137 Å². The molecule has 3 rings (SSSR count). The zero-order chi connectivity index (χ0) is 16.4. The van der Waals surface area contributed by atoms with Gasteiger partial charge in [-0.2, -0.15) is 0 Å². The van der Waals surface area contributed by atoms with Gasteiger partial charge in [-0.05, 0) is 60.2 Å². The zero-order valence-electron chi connectivity index (χ0n) is 13.4. The van der Waals surface area contributed by atoms with Crippen molar-refractivity contribution in [2.45, 2.75) is 30.7 Å². The number of fused-ring (bicyclic) bond motifs is 1. The van der Waals surface area contributed by atoms with Gasteiger partial charge in [0, 0.05) is 26.8 Å². The predicted molar refractivity (Wildman–Crippen MR) is 91.1 cm³/mol. The van der Waals surface area contributed by atoms with Crippen LogP contribution in [0.5, 0.6) is 0 Å². The smallest absolute Gasteiger partial charge is 0.240 e. The van der Waals surface area contributed by atoms with Crippen molar-refractivity contribution in [1.82, 2.24) is 9.71 Å². The lowest BCUT2D eigenvalue weighted by molar-refractivity contribution is 0.581. The number of pyridine rings is 1. The second-order valence-electron chi connectivity index (χ2n) is 6.03. The van der Waals surface area contributed by atoms with Crippen molar-refractivity contribution in [3.05, 3.63) is 53.2 Å². The molecule has 6 heteroatoms. The third-order valence-electron chi connectivity index (χ3n) is 4.11. The van der Waals surface area contributed by atoms with Crippen LogP contribution in [0.1, 0.15) is 23.1 Å². The van der Waals surface area contributed by atoms with Crippen LogP contribution in [-0.4, -0.2) is 27.5 Å². The van der Waals surface area contributed by atoms with E-state index in [9.17, 15) is 8.42 Å². The number of benzene rings is 1. The Bertz CT molecular complexity index is 816. The summed E-state index contributed by atoms with van der Waals surface area (Å²) in [5.41, 5.74) is 3.31. The fraction of sp³-hybridized carbons (Fsp3) is 0.353. The molecule has 0 unspecified atom stereocenters. The van der Waals surface area contributed by atoms with Gasteiger partial charge in [0.1, 0.15) is 5.82 Å². The molecule has 0 saturated carbocycles. The Morgan fingerprint density at radius 2 is 1.91 bits per heavy atom. The van der Waals surface area contributed by atoms with E-state index in [2.05, 4.69) is 9.71 Å². The highest BCUT2D eigenvalue weighted by Crippen LogP contribution is 2.24. The number of rotatable bonds is 5. The lowest BCUT2D eigenvalue weighted by Crippen LogP contribution is -2.23. The van der Waals surface area contributed by atoms with Gasteiger partial charge in [-0.3, -0.25) is 0 Å². The second-order valence-corrected chi connectivity index (χ2v) is 7.79. The maximum absolute atomic E-state index is 12.5. The number of nitrogens with one attached hydrogen (secondary N) is 1. The van der Waals surface area contributed by atoms with Gasteiger partial charge < -0.3 is 4.90 Å². The molecule has 0 fully saturated rings. The molecule has 0 saturated heterocycles. The highest BCUT2D eigenvalue weighted by atomic mass is 32.2. The molecule has 122 valence electrons. The van der Waals surface area contributed by atoms with E-state index in [0.717, 1.165) is 36.2 Å². The summed E-state index contributed by atoms with van der Waals surface area (Å²) < 4.78 is 27.6. The van der Waals surface area contributed by atoms with Crippen LogP contribution in [0.2, 0.25) is 0 Å². The first-order valence-corrected chi connectivity index (χ1v) is 9.18. The first-order valence-electron chi connectivity index (χ1n) is 7.69. The zero-order valence-corrected chi connectivity index (χ0v) is 14.2. The summed E-state index contributed by atoms with van der Waals surface area (Å²) in [6, 6.07) is 9.14. The van der Waals surface area contributed by atoms with Crippen LogP contribution in [0, 0.1) is 0 Å². The number of aryl methyl sites for hydroxylation is 2. The number of aromatic nitrogens is 1. The Balaban J connectivity index is 1.75. The predicted octanol–water partition coefficient (Wildman–Crippen LogP) is 2.11. The molecule has 0 atom stereocenters. The van der Waals surface area contributed by atoms with E-state index in [1.165, 1.54) is 5.56 Å². The summed E-state index contributed by atoms with van der Waals surface area (Å²) in [6.07, 6.45) is 4.81. The standard InChI is InChI=1S/C17H21N3O2S/c1-20(2)17-10-13(8-9-18-17)12-19-23(21,22)16-7-6-14-4-3-5-15(14)11-16/h6-11,19H,3-5,12H2,1-2H3. The molecule has 1 aliphatic carbocycles. The molecule has 0 amide bonds. The van der Waals surface area contributed by atoms with E-state index in [-0.39, 0.29) is 6.54 Å². The molecule has 0 spiro atoms. The Morgan fingerprint density at radius 1 is 1.13 bits per heavy atom. The van der Waals surface area contributed by atoms with Gasteiger partial charge in [0.25, 0.3) is 0 Å². The van der Waals surface area contributed by atoms with E-state index < -0.39 is 10.0 Å². The van der Waals surface area contributed by atoms with Crippen molar-refractivity contribution in [1.29, 1.82) is 0 Å². The van der Waals surface area contributed by atoms with Crippen LogP contribution in [0.3, 0.4) is 0 Å². The van der Waals surface area contributed by atoms with Crippen LogP contribution < -0.4 is 9.62 Å². The molecule has 0 aliphatic heterocycles. The molecule has 1 aromatic carbocycles. The minimum absolute atomic E-state index is 0.253. The summed E-state index contributed by atoms with van der Waals surface area (Å²) >= 11 is 0. The lowest BCUT2D eigenvalue weighted by Gasteiger charge is -2.13. The SMILES string of the molecule is CN(C)c1cc(CNS(=O)(=O)c2ccc3c(c2)CCC3)ccn1. The Hall–Kier alpha value is -1.92. The van der Waals surface area contributed by atoms with Crippen LogP contribution in [0.25, 0.3) is 0 Å². The quantitative estimate of drug-likeness (QED) is 0.911. The van der Waals surface area contributed by atoms with Crippen LogP contribution in [0.4, 0.5) is 5.82 Å². The van der Waals surface area contributed by atoms with Crippen molar-refractivity contribution in [2.24, 2.45) is 0 Å². The van der Waals surface area contributed by atoms with Crippen molar-refractivity contribution in [2.75, 3.05) is 19.0 Å². The van der Waals surface area contributed by atoms with Crippen LogP contribution in [0.15, 0.2) is 41.4 Å². The first-order chi connectivity index (χ1) is 11.0. The maximum Gasteiger partial charge on any atom is 0.240 e. The fourth-order valence-corrected chi connectivity index (χ4v) is 3.86. The van der Waals surface area contributed by atoms with Crippen LogP contribution in [-0.2, 0) is 29.4 Å². The maximum atomic E-state index is 12.5. The van der Waals surface area contributed by atoms with Crippen LogP contribution >= 0.6 is 0 Å². The summed E-state index contributed by atoms with van der Waals surface area (Å²) in [4.78, 5) is 6.46. The molecule has 1 aliphatic rings. The lowest BCUT2D eigenvalue weighted by atomic mass is 10.1. The number of nitrogens with zero attached hydrogens (tertiary/aromatic N) is 2. The highest BCUT2D eigenvalue weighted by molar-refractivity contribution is 7.89. The topological polar surface area (TPSA) is 62.3 Å². The van der Waals surface area contributed by atoms with E-state index in [0.29, 0.717) is 4.90 Å². The van der Waals surface area contributed by atoms with Crippen molar-refractivity contribution < 1.29 is 8.42 Å². The van der Waals surface area contributed by atoms with Gasteiger partial charge in [0.2, 0.25) is 10.0 Å². The molecular weight excluding hydrogens is 310 g/mol. The van der Waals surface area contributed by atoms with Gasteiger partial charge in [0.15, 0.2) is 0 Å². The van der Waals surface area contributed by atoms with Crippen molar-refractivity contribution >= 4 is 15.8 Å². The molecule has 23 heavy (non-hydrogen) atoms. The van der Waals surface area contributed by atoms with Gasteiger partial charge >= 0.3 is 0 Å². The van der Waals surface area contributed by atoms with Gasteiger partial charge in [-0.15, -0.1) is 0 Å². The largest absolute Gasteiger partial charge is 0.363 e. The normalized spacial score (nSPS) is 13.8. The molecule has 1 aromatic heterocycles. The third kappa shape index (κ3) is 3.54. The number of hydrogen-bond donors (Lipinski definition) is 1. The number of hydrogen-bond acceptors (Lipinski definition) is 4. The summed E-state index contributed by atoms with van der Waals surface area (Å²) in [6.45, 7) is 0.253. The Morgan fingerprint density at radius 3 is 2.70 bits per heavy atom. The monoisotopic (exact) mass is 331 g/mol. The molecule has 1 N–H and O–H groups in total. The Kier molecular flexibility index (Phi) is 4.37. The minimum atomic E-state index is -3.50. The average molecular weight is 331 g/mol. The van der Waals surface area contributed by atoms with Crippen molar-refractivity contribution in [3.8, 4) is 0 Å². The van der Waals surface area contributed by atoms with E-state index >= 15 is 0 Å². The van der Waals surface area contributed by atoms with Gasteiger partial charge in [-0.25, -0.2) is 18.1 Å². The molecule has 0 radical (unpaired) electrons. The minimum Gasteiger partial charge on any atom is -0.363 e. The first kappa shape index (κ1) is 16.0.